The largest absolute Gasteiger partial charge is 0.340 e. The number of benzene rings is 2. The van der Waals surface area contributed by atoms with Crippen LogP contribution in [0.5, 0.6) is 0 Å². The predicted molar refractivity (Wildman–Crippen MR) is 97.6 cm³/mol. The number of carbonyl (C=O) groups is 1. The molecule has 1 amide bonds. The molecule has 1 unspecified atom stereocenters. The van der Waals surface area contributed by atoms with E-state index in [9.17, 15) is 9.18 Å². The number of likely N-dealkylation sites (tertiary alicyclic amines) is 1. The van der Waals surface area contributed by atoms with Crippen LogP contribution in [-0.2, 0) is 11.3 Å². The smallest absolute Gasteiger partial charge is 0.236 e. The molecule has 0 aliphatic carbocycles. The van der Waals surface area contributed by atoms with Crippen LogP contribution < -0.4 is 0 Å². The molecule has 0 bridgehead atoms. The molecule has 0 saturated carbocycles. The van der Waals surface area contributed by atoms with Gasteiger partial charge in [-0.3, -0.25) is 9.69 Å². The Morgan fingerprint density at radius 1 is 1.24 bits per heavy atom. The van der Waals surface area contributed by atoms with Crippen LogP contribution in [-0.4, -0.2) is 35.8 Å². The highest BCUT2D eigenvalue weighted by Gasteiger charge is 2.28. The number of amides is 1. The molecule has 4 heteroatoms. The first-order valence-corrected chi connectivity index (χ1v) is 8.82. The molecule has 2 aromatic carbocycles. The van der Waals surface area contributed by atoms with Gasteiger partial charge in [-0.25, -0.2) is 4.39 Å². The van der Waals surface area contributed by atoms with Crippen molar-refractivity contribution in [3.8, 4) is 0 Å². The van der Waals surface area contributed by atoms with Crippen molar-refractivity contribution < 1.29 is 9.18 Å². The van der Waals surface area contributed by atoms with Gasteiger partial charge < -0.3 is 4.90 Å². The van der Waals surface area contributed by atoms with E-state index in [-0.39, 0.29) is 11.7 Å². The van der Waals surface area contributed by atoms with E-state index >= 15 is 0 Å². The Morgan fingerprint density at radius 2 is 2.00 bits per heavy atom. The van der Waals surface area contributed by atoms with Crippen molar-refractivity contribution in [2.75, 3.05) is 20.1 Å². The van der Waals surface area contributed by atoms with Crippen molar-refractivity contribution in [2.45, 2.75) is 32.4 Å². The number of hydrogen-bond acceptors (Lipinski definition) is 2. The maximum Gasteiger partial charge on any atom is 0.236 e. The Balaban J connectivity index is 1.62. The van der Waals surface area contributed by atoms with Crippen LogP contribution in [0.1, 0.15) is 35.6 Å². The van der Waals surface area contributed by atoms with Crippen molar-refractivity contribution >= 4 is 5.91 Å². The Kier molecular flexibility index (Phi) is 5.49. The molecule has 1 atom stereocenters. The fraction of sp³-hybridized carbons (Fsp3) is 0.381. The van der Waals surface area contributed by atoms with Crippen molar-refractivity contribution in [1.29, 1.82) is 0 Å². The van der Waals surface area contributed by atoms with Crippen molar-refractivity contribution in [2.24, 2.45) is 0 Å². The van der Waals surface area contributed by atoms with Crippen LogP contribution in [0.25, 0.3) is 0 Å². The standard InChI is InChI=1S/C21H25FN2O/c1-16-5-3-6-18(13-16)20-7-4-12-24(20)15-21(25)23(2)14-17-8-10-19(22)11-9-17/h3,5-6,8-11,13,20H,4,7,12,14-15H2,1-2H3. The van der Waals surface area contributed by atoms with Crippen LogP contribution >= 0.6 is 0 Å². The summed E-state index contributed by atoms with van der Waals surface area (Å²) in [5, 5.41) is 0. The molecule has 1 saturated heterocycles. The molecule has 0 aromatic heterocycles. The average molecular weight is 340 g/mol. The summed E-state index contributed by atoms with van der Waals surface area (Å²) in [4.78, 5) is 16.6. The molecule has 2 aromatic rings. The summed E-state index contributed by atoms with van der Waals surface area (Å²) < 4.78 is 13.0. The van der Waals surface area contributed by atoms with E-state index in [0.717, 1.165) is 24.9 Å². The molecule has 0 radical (unpaired) electrons. The molecular weight excluding hydrogens is 315 g/mol. The molecular formula is C21H25FN2O. The lowest BCUT2D eigenvalue weighted by Crippen LogP contribution is -2.37. The molecule has 132 valence electrons. The van der Waals surface area contributed by atoms with Gasteiger partial charge in [0.25, 0.3) is 0 Å². The van der Waals surface area contributed by atoms with E-state index in [1.165, 1.54) is 23.3 Å². The summed E-state index contributed by atoms with van der Waals surface area (Å²) in [6, 6.07) is 15.2. The van der Waals surface area contributed by atoms with Gasteiger partial charge in [0.05, 0.1) is 6.54 Å². The lowest BCUT2D eigenvalue weighted by Gasteiger charge is -2.27. The monoisotopic (exact) mass is 340 g/mol. The summed E-state index contributed by atoms with van der Waals surface area (Å²) in [5.74, 6) is -0.153. The highest BCUT2D eigenvalue weighted by molar-refractivity contribution is 5.78. The third-order valence-electron chi connectivity index (χ3n) is 4.89. The summed E-state index contributed by atoms with van der Waals surface area (Å²) in [5.41, 5.74) is 3.49. The van der Waals surface area contributed by atoms with Gasteiger partial charge in [0, 0.05) is 19.6 Å². The van der Waals surface area contributed by atoms with E-state index in [1.54, 1.807) is 17.0 Å². The highest BCUT2D eigenvalue weighted by Crippen LogP contribution is 2.32. The van der Waals surface area contributed by atoms with E-state index < -0.39 is 0 Å². The fourth-order valence-electron chi connectivity index (χ4n) is 3.52. The number of hydrogen-bond donors (Lipinski definition) is 0. The maximum absolute atomic E-state index is 13.0. The van der Waals surface area contributed by atoms with Crippen molar-refractivity contribution in [3.05, 3.63) is 71.0 Å². The quantitative estimate of drug-likeness (QED) is 0.823. The van der Waals surface area contributed by atoms with Gasteiger partial charge >= 0.3 is 0 Å². The third-order valence-corrected chi connectivity index (χ3v) is 4.89. The number of likely N-dealkylation sites (N-methyl/N-ethyl adjacent to an activating group) is 1. The van der Waals surface area contributed by atoms with E-state index in [0.29, 0.717) is 19.1 Å². The topological polar surface area (TPSA) is 23.6 Å². The second-order valence-electron chi connectivity index (χ2n) is 6.92. The predicted octanol–water partition coefficient (Wildman–Crippen LogP) is 3.93. The minimum Gasteiger partial charge on any atom is -0.340 e. The second kappa shape index (κ2) is 7.79. The Morgan fingerprint density at radius 3 is 2.72 bits per heavy atom. The number of rotatable bonds is 5. The first-order chi connectivity index (χ1) is 12.0. The van der Waals surface area contributed by atoms with Crippen LogP contribution in [0.4, 0.5) is 4.39 Å². The van der Waals surface area contributed by atoms with Gasteiger partial charge in [0.1, 0.15) is 5.82 Å². The maximum atomic E-state index is 13.0. The minimum atomic E-state index is -0.254. The third kappa shape index (κ3) is 4.45. The lowest BCUT2D eigenvalue weighted by atomic mass is 10.0. The summed E-state index contributed by atoms with van der Waals surface area (Å²) >= 11 is 0. The first-order valence-electron chi connectivity index (χ1n) is 8.82. The Hall–Kier alpha value is -2.20. The van der Waals surface area contributed by atoms with Crippen LogP contribution in [0, 0.1) is 12.7 Å². The fourth-order valence-corrected chi connectivity index (χ4v) is 3.52. The SMILES string of the molecule is Cc1cccc(C2CCCN2CC(=O)N(C)Cc2ccc(F)cc2)c1. The Bertz CT molecular complexity index is 729. The van der Waals surface area contributed by atoms with Gasteiger partial charge in [-0.05, 0) is 49.6 Å². The number of halogens is 1. The minimum absolute atomic E-state index is 0.101. The van der Waals surface area contributed by atoms with Gasteiger partial charge in [0.15, 0.2) is 0 Å². The average Bonchev–Trinajstić information content (AvgIpc) is 3.05. The Labute approximate surface area is 149 Å². The van der Waals surface area contributed by atoms with Crippen molar-refractivity contribution in [3.63, 3.8) is 0 Å². The first kappa shape index (κ1) is 17.6. The zero-order chi connectivity index (χ0) is 17.8. The van der Waals surface area contributed by atoms with E-state index in [2.05, 4.69) is 36.1 Å². The molecule has 1 heterocycles. The molecule has 1 aliphatic heterocycles. The summed E-state index contributed by atoms with van der Waals surface area (Å²) in [6.07, 6.45) is 2.21. The second-order valence-corrected chi connectivity index (χ2v) is 6.92. The number of aryl methyl sites for hydroxylation is 1. The van der Waals surface area contributed by atoms with Crippen LogP contribution in [0.15, 0.2) is 48.5 Å². The molecule has 1 fully saturated rings. The zero-order valence-corrected chi connectivity index (χ0v) is 14.9. The summed E-state index contributed by atoms with van der Waals surface area (Å²) in [6.45, 7) is 3.98. The molecule has 3 nitrogen and oxygen atoms in total. The molecule has 25 heavy (non-hydrogen) atoms. The molecule has 0 spiro atoms. The van der Waals surface area contributed by atoms with Crippen LogP contribution in [0.2, 0.25) is 0 Å². The van der Waals surface area contributed by atoms with Crippen LogP contribution in [0.3, 0.4) is 0 Å². The normalized spacial score (nSPS) is 17.6. The number of nitrogens with zero attached hydrogens (tertiary/aromatic N) is 2. The van der Waals surface area contributed by atoms with Gasteiger partial charge in [0.2, 0.25) is 5.91 Å². The van der Waals surface area contributed by atoms with E-state index in [4.69, 9.17) is 0 Å². The molecule has 1 aliphatic rings. The van der Waals surface area contributed by atoms with Crippen molar-refractivity contribution in [1.82, 2.24) is 9.80 Å². The van der Waals surface area contributed by atoms with Gasteiger partial charge in [-0.2, -0.15) is 0 Å². The van der Waals surface area contributed by atoms with E-state index in [1.807, 2.05) is 7.05 Å². The van der Waals surface area contributed by atoms with Gasteiger partial charge in [-0.15, -0.1) is 0 Å². The summed E-state index contributed by atoms with van der Waals surface area (Å²) in [7, 11) is 1.81. The zero-order valence-electron chi connectivity index (χ0n) is 14.9. The number of carbonyl (C=O) groups excluding carboxylic acids is 1. The highest BCUT2D eigenvalue weighted by atomic mass is 19.1. The molecule has 3 rings (SSSR count). The molecule has 0 N–H and O–H groups in total. The lowest BCUT2D eigenvalue weighted by molar-refractivity contribution is -0.131. The van der Waals surface area contributed by atoms with Gasteiger partial charge in [-0.1, -0.05) is 42.0 Å².